The lowest BCUT2D eigenvalue weighted by Crippen LogP contribution is -2.14. The highest BCUT2D eigenvalue weighted by Gasteiger charge is 2.30. The SMILES string of the molecule is CC(C)(C)c1ccc2c(C#N)c3c4c(cccc4c2c1)-c1cccc(C(C)(C)C)c1O3. The average Bonchev–Trinajstić information content (AvgIpc) is 2.72. The summed E-state index contributed by atoms with van der Waals surface area (Å²) in [6, 6.07) is 21.7. The number of hydrogen-bond donors (Lipinski definition) is 0. The van der Waals surface area contributed by atoms with Gasteiger partial charge in [0.15, 0.2) is 5.75 Å². The number of nitrogens with zero attached hydrogens (tertiary/aromatic N) is 1. The van der Waals surface area contributed by atoms with E-state index in [1.807, 2.05) is 0 Å². The molecule has 2 heteroatoms. The number of ether oxygens (including phenoxy) is 1. The third-order valence-corrected chi connectivity index (χ3v) is 6.39. The molecule has 4 aromatic rings. The topological polar surface area (TPSA) is 33.0 Å². The van der Waals surface area contributed by atoms with Gasteiger partial charge in [0.05, 0.1) is 0 Å². The van der Waals surface area contributed by atoms with Crippen LogP contribution in [0.2, 0.25) is 0 Å². The van der Waals surface area contributed by atoms with Crippen molar-refractivity contribution in [1.29, 1.82) is 5.26 Å². The molecular formula is C29H27NO. The van der Waals surface area contributed by atoms with Crippen LogP contribution in [-0.4, -0.2) is 0 Å². The summed E-state index contributed by atoms with van der Waals surface area (Å²) in [6.45, 7) is 13.2. The smallest absolute Gasteiger partial charge is 0.154 e. The first-order valence-electron chi connectivity index (χ1n) is 10.9. The second-order valence-corrected chi connectivity index (χ2v) is 10.6. The van der Waals surface area contributed by atoms with Gasteiger partial charge >= 0.3 is 0 Å². The Balaban J connectivity index is 1.96. The van der Waals surface area contributed by atoms with Crippen molar-refractivity contribution in [3.63, 3.8) is 0 Å². The Morgan fingerprint density at radius 3 is 2.10 bits per heavy atom. The van der Waals surface area contributed by atoms with E-state index < -0.39 is 0 Å². The van der Waals surface area contributed by atoms with Crippen LogP contribution in [0, 0.1) is 11.3 Å². The molecule has 0 amide bonds. The lowest BCUT2D eigenvalue weighted by molar-refractivity contribution is 0.458. The van der Waals surface area contributed by atoms with E-state index in [4.69, 9.17) is 4.74 Å². The summed E-state index contributed by atoms with van der Waals surface area (Å²) in [4.78, 5) is 0. The second-order valence-electron chi connectivity index (χ2n) is 10.6. The van der Waals surface area contributed by atoms with Gasteiger partial charge in [-0.3, -0.25) is 0 Å². The van der Waals surface area contributed by atoms with Crippen molar-refractivity contribution in [1.82, 2.24) is 0 Å². The number of benzene rings is 4. The van der Waals surface area contributed by atoms with E-state index in [9.17, 15) is 5.26 Å². The molecule has 0 unspecified atom stereocenters. The Bertz CT molecular complexity index is 1420. The fourth-order valence-corrected chi connectivity index (χ4v) is 4.71. The summed E-state index contributed by atoms with van der Waals surface area (Å²) >= 11 is 0. The predicted octanol–water partition coefficient (Wildman–Crippen LogP) is 8.23. The molecule has 0 radical (unpaired) electrons. The molecule has 0 saturated heterocycles. The van der Waals surface area contributed by atoms with Crippen molar-refractivity contribution in [2.75, 3.05) is 0 Å². The maximum absolute atomic E-state index is 10.2. The van der Waals surface area contributed by atoms with Crippen LogP contribution in [0.5, 0.6) is 11.5 Å². The van der Waals surface area contributed by atoms with Crippen LogP contribution in [0.1, 0.15) is 58.2 Å². The van der Waals surface area contributed by atoms with Crippen molar-refractivity contribution in [2.24, 2.45) is 0 Å². The molecule has 154 valence electrons. The summed E-state index contributed by atoms with van der Waals surface area (Å²) in [7, 11) is 0. The van der Waals surface area contributed by atoms with Gasteiger partial charge in [0.2, 0.25) is 0 Å². The van der Waals surface area contributed by atoms with Crippen LogP contribution in [0.3, 0.4) is 0 Å². The molecule has 1 heterocycles. The van der Waals surface area contributed by atoms with Gasteiger partial charge in [-0.25, -0.2) is 0 Å². The molecule has 0 spiro atoms. The van der Waals surface area contributed by atoms with Gasteiger partial charge in [0, 0.05) is 21.9 Å². The fourth-order valence-electron chi connectivity index (χ4n) is 4.71. The average molecular weight is 406 g/mol. The fraction of sp³-hybridized carbons (Fsp3) is 0.276. The lowest BCUT2D eigenvalue weighted by atomic mass is 9.81. The van der Waals surface area contributed by atoms with E-state index >= 15 is 0 Å². The van der Waals surface area contributed by atoms with E-state index in [1.165, 1.54) is 5.56 Å². The quantitative estimate of drug-likeness (QED) is 0.243. The molecule has 2 nitrogen and oxygen atoms in total. The Morgan fingerprint density at radius 2 is 1.42 bits per heavy atom. The summed E-state index contributed by atoms with van der Waals surface area (Å²) in [5.41, 5.74) is 5.23. The first kappa shape index (κ1) is 19.6. The zero-order valence-electron chi connectivity index (χ0n) is 19.1. The van der Waals surface area contributed by atoms with Gasteiger partial charge in [0.25, 0.3) is 0 Å². The number of para-hydroxylation sites is 1. The summed E-state index contributed by atoms with van der Waals surface area (Å²) < 4.78 is 6.61. The Morgan fingerprint density at radius 1 is 0.710 bits per heavy atom. The minimum atomic E-state index is -0.0675. The Labute approximate surface area is 184 Å². The predicted molar refractivity (Wildman–Crippen MR) is 129 cm³/mol. The van der Waals surface area contributed by atoms with Gasteiger partial charge in [-0.15, -0.1) is 0 Å². The van der Waals surface area contributed by atoms with Gasteiger partial charge < -0.3 is 4.74 Å². The Hall–Kier alpha value is -3.31. The van der Waals surface area contributed by atoms with Crippen LogP contribution in [0.4, 0.5) is 0 Å². The highest BCUT2D eigenvalue weighted by Crippen LogP contribution is 2.53. The maximum atomic E-state index is 10.2. The molecule has 1 aliphatic rings. The highest BCUT2D eigenvalue weighted by molar-refractivity contribution is 6.18. The van der Waals surface area contributed by atoms with E-state index in [0.29, 0.717) is 11.3 Å². The molecule has 0 N–H and O–H groups in total. The summed E-state index contributed by atoms with van der Waals surface area (Å²) in [5.74, 6) is 1.56. The monoisotopic (exact) mass is 405 g/mol. The minimum absolute atomic E-state index is 0.0331. The van der Waals surface area contributed by atoms with E-state index in [1.54, 1.807) is 0 Å². The van der Waals surface area contributed by atoms with Gasteiger partial charge in [-0.1, -0.05) is 90.1 Å². The largest absolute Gasteiger partial charge is 0.454 e. The van der Waals surface area contributed by atoms with E-state index in [-0.39, 0.29) is 10.8 Å². The van der Waals surface area contributed by atoms with Gasteiger partial charge in [-0.2, -0.15) is 5.26 Å². The second kappa shape index (κ2) is 6.34. The summed E-state index contributed by atoms with van der Waals surface area (Å²) in [6.07, 6.45) is 0. The lowest BCUT2D eigenvalue weighted by Gasteiger charge is -2.29. The van der Waals surface area contributed by atoms with Crippen LogP contribution in [0.15, 0.2) is 54.6 Å². The van der Waals surface area contributed by atoms with Gasteiger partial charge in [0.1, 0.15) is 17.4 Å². The van der Waals surface area contributed by atoms with Crippen LogP contribution < -0.4 is 4.74 Å². The third kappa shape index (κ3) is 2.84. The molecule has 31 heavy (non-hydrogen) atoms. The van der Waals surface area contributed by atoms with Crippen LogP contribution in [-0.2, 0) is 10.8 Å². The molecule has 0 aliphatic carbocycles. The van der Waals surface area contributed by atoms with Crippen LogP contribution >= 0.6 is 0 Å². The van der Waals surface area contributed by atoms with Crippen molar-refractivity contribution in [3.8, 4) is 28.7 Å². The van der Waals surface area contributed by atoms with Crippen molar-refractivity contribution in [2.45, 2.75) is 52.4 Å². The molecule has 1 aliphatic heterocycles. The molecular weight excluding hydrogens is 378 g/mol. The maximum Gasteiger partial charge on any atom is 0.154 e. The van der Waals surface area contributed by atoms with Crippen molar-refractivity contribution >= 4 is 21.5 Å². The summed E-state index contributed by atoms with van der Waals surface area (Å²) in [5, 5.41) is 14.4. The number of fused-ring (bicyclic) bond motifs is 4. The minimum Gasteiger partial charge on any atom is -0.454 e. The normalized spacial score (nSPS) is 13.1. The number of rotatable bonds is 0. The first-order valence-corrected chi connectivity index (χ1v) is 10.9. The zero-order valence-corrected chi connectivity index (χ0v) is 19.1. The van der Waals surface area contributed by atoms with Crippen LogP contribution in [0.25, 0.3) is 32.7 Å². The molecule has 0 saturated carbocycles. The molecule has 0 aromatic heterocycles. The number of nitriles is 1. The molecule has 5 rings (SSSR count). The van der Waals surface area contributed by atoms with Crippen molar-refractivity contribution in [3.05, 3.63) is 71.3 Å². The van der Waals surface area contributed by atoms with E-state index in [0.717, 1.165) is 44.0 Å². The van der Waals surface area contributed by atoms with Crippen molar-refractivity contribution < 1.29 is 4.74 Å². The first-order chi connectivity index (χ1) is 14.6. The molecule has 0 bridgehead atoms. The zero-order chi connectivity index (χ0) is 22.1. The number of hydrogen-bond acceptors (Lipinski definition) is 2. The van der Waals surface area contributed by atoms with E-state index in [2.05, 4.69) is 102 Å². The van der Waals surface area contributed by atoms with Gasteiger partial charge in [-0.05, 0) is 38.8 Å². The molecule has 4 aromatic carbocycles. The standard InChI is InChI=1S/C29H27NO/c1-28(2,3)17-13-14-18-22(15-17)20-10-7-9-19-21-11-8-12-24(29(4,5)6)26(21)31-27(25(19)20)23(18)16-30/h7-15H,1-6H3. The molecule has 0 atom stereocenters. The highest BCUT2D eigenvalue weighted by atomic mass is 16.5. The third-order valence-electron chi connectivity index (χ3n) is 6.39. The molecule has 0 fully saturated rings. The Kier molecular flexibility index (Phi) is 4.02.